The molecule has 0 radical (unpaired) electrons. The first-order valence-corrected chi connectivity index (χ1v) is 9.75. The van der Waals surface area contributed by atoms with Gasteiger partial charge < -0.3 is 9.26 Å². The summed E-state index contributed by atoms with van der Waals surface area (Å²) in [5, 5.41) is 9.73. The Bertz CT molecular complexity index is 1410. The Labute approximate surface area is 176 Å². The Morgan fingerprint density at radius 2 is 1.74 bits per heavy atom. The molecule has 0 bridgehead atoms. The lowest BCUT2D eigenvalue weighted by molar-refractivity contribution is 0.340. The molecule has 5 rings (SSSR count). The number of hydrogen-bond acceptors (Lipinski definition) is 7. The molecule has 3 heterocycles. The highest BCUT2D eigenvalue weighted by molar-refractivity contribution is 5.92. The van der Waals surface area contributed by atoms with Crippen molar-refractivity contribution in [3.63, 3.8) is 0 Å². The van der Waals surface area contributed by atoms with Crippen LogP contribution in [0.25, 0.3) is 39.6 Å². The van der Waals surface area contributed by atoms with Gasteiger partial charge in [0.05, 0.1) is 17.7 Å². The van der Waals surface area contributed by atoms with E-state index in [-0.39, 0.29) is 11.4 Å². The maximum absolute atomic E-state index is 13.1. The molecule has 0 aliphatic carbocycles. The summed E-state index contributed by atoms with van der Waals surface area (Å²) in [6.07, 6.45) is 1.66. The van der Waals surface area contributed by atoms with Crippen LogP contribution < -0.4 is 10.3 Å². The molecule has 31 heavy (non-hydrogen) atoms. The Morgan fingerprint density at radius 3 is 2.48 bits per heavy atom. The third-order valence-corrected chi connectivity index (χ3v) is 4.72. The molecule has 0 unspecified atom stereocenters. The molecule has 152 valence electrons. The third-order valence-electron chi connectivity index (χ3n) is 4.72. The molecule has 0 atom stereocenters. The molecular formula is C23H17N5O3. The minimum Gasteiger partial charge on any atom is -0.494 e. The summed E-state index contributed by atoms with van der Waals surface area (Å²) < 4.78 is 12.3. The van der Waals surface area contributed by atoms with Crippen LogP contribution in [0.15, 0.2) is 82.2 Å². The Hall–Kier alpha value is -4.33. The smallest absolute Gasteiger partial charge is 0.279 e. The lowest BCUT2D eigenvalue weighted by atomic mass is 10.1. The summed E-state index contributed by atoms with van der Waals surface area (Å²) in [7, 11) is 0. The first-order valence-electron chi connectivity index (χ1n) is 9.75. The fourth-order valence-electron chi connectivity index (χ4n) is 3.29. The van der Waals surface area contributed by atoms with Crippen molar-refractivity contribution in [2.45, 2.75) is 6.92 Å². The normalized spacial score (nSPS) is 11.0. The zero-order valence-electron chi connectivity index (χ0n) is 16.6. The van der Waals surface area contributed by atoms with Gasteiger partial charge in [-0.25, -0.2) is 0 Å². The third kappa shape index (κ3) is 3.44. The summed E-state index contributed by atoms with van der Waals surface area (Å²) in [5.74, 6) is 1.27. The highest BCUT2D eigenvalue weighted by Crippen LogP contribution is 2.26. The van der Waals surface area contributed by atoms with E-state index in [4.69, 9.17) is 9.26 Å². The molecule has 2 aromatic carbocycles. The highest BCUT2D eigenvalue weighted by Gasteiger charge is 2.19. The second kappa shape index (κ2) is 7.83. The monoisotopic (exact) mass is 411 g/mol. The molecule has 3 aromatic heterocycles. The van der Waals surface area contributed by atoms with Gasteiger partial charge in [-0.3, -0.25) is 9.78 Å². The highest BCUT2D eigenvalue weighted by atomic mass is 16.5. The van der Waals surface area contributed by atoms with Gasteiger partial charge in [-0.05, 0) is 49.4 Å². The number of benzene rings is 2. The fourth-order valence-corrected chi connectivity index (χ4v) is 3.29. The van der Waals surface area contributed by atoms with Gasteiger partial charge in [-0.1, -0.05) is 29.4 Å². The second-order valence-electron chi connectivity index (χ2n) is 6.68. The molecule has 0 saturated carbocycles. The molecule has 0 aliphatic heterocycles. The van der Waals surface area contributed by atoms with Crippen molar-refractivity contribution in [1.82, 2.24) is 24.9 Å². The van der Waals surface area contributed by atoms with Gasteiger partial charge in [-0.2, -0.15) is 14.8 Å². The van der Waals surface area contributed by atoms with Crippen molar-refractivity contribution < 1.29 is 9.26 Å². The van der Waals surface area contributed by atoms with Crippen LogP contribution in [-0.2, 0) is 0 Å². The predicted molar refractivity (Wildman–Crippen MR) is 115 cm³/mol. The van der Waals surface area contributed by atoms with Crippen LogP contribution in [0.5, 0.6) is 5.75 Å². The number of ether oxygens (including phenoxy) is 1. The van der Waals surface area contributed by atoms with E-state index >= 15 is 0 Å². The molecule has 8 nitrogen and oxygen atoms in total. The van der Waals surface area contributed by atoms with Crippen LogP contribution in [0, 0.1) is 0 Å². The Balaban J connectivity index is 1.67. The van der Waals surface area contributed by atoms with Gasteiger partial charge in [0.2, 0.25) is 5.82 Å². The van der Waals surface area contributed by atoms with E-state index in [1.165, 1.54) is 4.68 Å². The standard InChI is InChI=1S/C23H17N5O3/c1-2-30-16-12-10-15(11-13-16)28-23(29)18-8-4-3-7-17(18)20(26-28)22-25-21(27-31-22)19-9-5-6-14-24-19/h3-14H,2H2,1H3. The number of fused-ring (bicyclic) bond motifs is 1. The van der Waals surface area contributed by atoms with E-state index in [2.05, 4.69) is 20.2 Å². The van der Waals surface area contributed by atoms with Crippen LogP contribution in [0.3, 0.4) is 0 Å². The Morgan fingerprint density at radius 1 is 0.968 bits per heavy atom. The van der Waals surface area contributed by atoms with E-state index in [1.54, 1.807) is 42.6 Å². The SMILES string of the molecule is CCOc1ccc(-n2nc(-c3nc(-c4ccccn4)no3)c3ccccc3c2=O)cc1. The quantitative estimate of drug-likeness (QED) is 0.433. The topological polar surface area (TPSA) is 95.9 Å². The van der Waals surface area contributed by atoms with Gasteiger partial charge in [0.15, 0.2) is 5.69 Å². The minimum atomic E-state index is -0.243. The predicted octanol–water partition coefficient (Wildman–Crippen LogP) is 3.90. The summed E-state index contributed by atoms with van der Waals surface area (Å²) in [6.45, 7) is 2.48. The lowest BCUT2D eigenvalue weighted by Gasteiger charge is -2.10. The zero-order valence-corrected chi connectivity index (χ0v) is 16.6. The van der Waals surface area contributed by atoms with Crippen molar-refractivity contribution >= 4 is 10.8 Å². The average Bonchev–Trinajstić information content (AvgIpc) is 3.31. The lowest BCUT2D eigenvalue weighted by Crippen LogP contribution is -2.22. The van der Waals surface area contributed by atoms with Gasteiger partial charge in [0.1, 0.15) is 11.4 Å². The molecule has 0 spiro atoms. The molecule has 0 amide bonds. The second-order valence-corrected chi connectivity index (χ2v) is 6.68. The summed E-state index contributed by atoms with van der Waals surface area (Å²) in [4.78, 5) is 21.9. The molecule has 0 saturated heterocycles. The van der Waals surface area contributed by atoms with Gasteiger partial charge in [0.25, 0.3) is 11.4 Å². The molecule has 8 heteroatoms. The van der Waals surface area contributed by atoms with E-state index in [0.717, 1.165) is 5.75 Å². The van der Waals surface area contributed by atoms with Crippen LogP contribution in [0.4, 0.5) is 0 Å². The summed E-state index contributed by atoms with van der Waals surface area (Å²) in [6, 6.07) is 19.8. The Kier molecular flexibility index (Phi) is 4.72. The van der Waals surface area contributed by atoms with E-state index < -0.39 is 0 Å². The number of hydrogen-bond donors (Lipinski definition) is 0. The van der Waals surface area contributed by atoms with Gasteiger partial charge >= 0.3 is 0 Å². The maximum atomic E-state index is 13.1. The van der Waals surface area contributed by atoms with Crippen LogP contribution in [-0.4, -0.2) is 31.5 Å². The van der Waals surface area contributed by atoms with Crippen LogP contribution in [0.2, 0.25) is 0 Å². The molecular weight excluding hydrogens is 394 g/mol. The number of rotatable bonds is 5. The summed E-state index contributed by atoms with van der Waals surface area (Å²) >= 11 is 0. The first-order chi connectivity index (χ1) is 15.2. The average molecular weight is 411 g/mol. The molecule has 0 aliphatic rings. The number of aromatic nitrogens is 5. The zero-order chi connectivity index (χ0) is 21.2. The largest absolute Gasteiger partial charge is 0.494 e. The number of pyridine rings is 1. The number of nitrogens with zero attached hydrogens (tertiary/aromatic N) is 5. The van der Waals surface area contributed by atoms with Crippen molar-refractivity contribution in [1.29, 1.82) is 0 Å². The van der Waals surface area contributed by atoms with Crippen LogP contribution >= 0.6 is 0 Å². The van der Waals surface area contributed by atoms with Gasteiger partial charge in [0, 0.05) is 11.6 Å². The molecule has 0 N–H and O–H groups in total. The van der Waals surface area contributed by atoms with Crippen molar-refractivity contribution in [2.75, 3.05) is 6.61 Å². The van der Waals surface area contributed by atoms with Crippen molar-refractivity contribution in [3.8, 4) is 34.5 Å². The molecule has 5 aromatic rings. The van der Waals surface area contributed by atoms with Crippen LogP contribution in [0.1, 0.15) is 6.92 Å². The van der Waals surface area contributed by atoms with Crippen molar-refractivity contribution in [3.05, 3.63) is 83.3 Å². The maximum Gasteiger partial charge on any atom is 0.279 e. The van der Waals surface area contributed by atoms with Gasteiger partial charge in [-0.15, -0.1) is 0 Å². The molecule has 0 fully saturated rings. The van der Waals surface area contributed by atoms with E-state index in [0.29, 0.717) is 40.3 Å². The van der Waals surface area contributed by atoms with Crippen molar-refractivity contribution in [2.24, 2.45) is 0 Å². The fraction of sp³-hybridized carbons (Fsp3) is 0.0870. The van der Waals surface area contributed by atoms with E-state index in [9.17, 15) is 4.79 Å². The van der Waals surface area contributed by atoms with E-state index in [1.807, 2.05) is 37.3 Å². The summed E-state index contributed by atoms with van der Waals surface area (Å²) in [5.41, 5.74) is 1.36. The minimum absolute atomic E-state index is 0.205. The first kappa shape index (κ1) is 18.7.